The molecule has 2 aliphatic rings. The van der Waals surface area contributed by atoms with E-state index in [-0.39, 0.29) is 17.6 Å². The number of nitrogens with zero attached hydrogens (tertiary/aromatic N) is 4. The monoisotopic (exact) mass is 449 g/mol. The molecule has 1 amide bonds. The summed E-state index contributed by atoms with van der Waals surface area (Å²) in [5.41, 5.74) is 7.09. The van der Waals surface area contributed by atoms with Crippen molar-refractivity contribution in [2.45, 2.75) is 43.9 Å². The molecule has 33 heavy (non-hydrogen) atoms. The Morgan fingerprint density at radius 3 is 2.73 bits per heavy atom. The van der Waals surface area contributed by atoms with Crippen molar-refractivity contribution >= 4 is 22.8 Å². The van der Waals surface area contributed by atoms with Crippen molar-refractivity contribution in [2.24, 2.45) is 0 Å². The highest BCUT2D eigenvalue weighted by Gasteiger charge is 2.46. The first-order chi connectivity index (χ1) is 16.0. The normalized spacial score (nSPS) is 20.7. The summed E-state index contributed by atoms with van der Waals surface area (Å²) in [6.07, 6.45) is 2.76. The predicted molar refractivity (Wildman–Crippen MR) is 123 cm³/mol. The minimum atomic E-state index is -0.888. The van der Waals surface area contributed by atoms with Crippen molar-refractivity contribution < 1.29 is 13.9 Å². The predicted octanol–water partition coefficient (Wildman–Crippen LogP) is 3.51. The number of aromatic nitrogens is 3. The van der Waals surface area contributed by atoms with Crippen LogP contribution in [0.4, 0.5) is 10.2 Å². The first-order valence-electron chi connectivity index (χ1n) is 11.5. The van der Waals surface area contributed by atoms with Crippen LogP contribution in [0.25, 0.3) is 11.0 Å². The molecule has 2 saturated heterocycles. The molecule has 2 N–H and O–H groups in total. The maximum atomic E-state index is 14.9. The standard InChI is InChI=1S/C25H28FN5O2/c1-16-28-22(27)18-8-9-21(30-23(18)29-16)17-5-4-12-31(15-17)24(32)25(10-13-33-14-11-25)19-6-2-3-7-20(19)26/h2-3,6-9,17H,4-5,10-15H2,1H3,(H2,27,28,29,30). The molecule has 172 valence electrons. The van der Waals surface area contributed by atoms with Gasteiger partial charge in [0.1, 0.15) is 17.5 Å². The quantitative estimate of drug-likeness (QED) is 0.658. The molecule has 3 aromatic rings. The molecule has 0 saturated carbocycles. The van der Waals surface area contributed by atoms with Crippen molar-refractivity contribution in [3.8, 4) is 0 Å². The van der Waals surface area contributed by atoms with Crippen molar-refractivity contribution in [1.82, 2.24) is 19.9 Å². The molecule has 1 aromatic carbocycles. The second-order valence-corrected chi connectivity index (χ2v) is 9.03. The number of piperidine rings is 1. The fourth-order valence-corrected chi connectivity index (χ4v) is 5.26. The van der Waals surface area contributed by atoms with Crippen LogP contribution in [0, 0.1) is 12.7 Å². The van der Waals surface area contributed by atoms with Crippen LogP contribution in [0.5, 0.6) is 0 Å². The van der Waals surface area contributed by atoms with Crippen molar-refractivity contribution in [2.75, 3.05) is 32.0 Å². The van der Waals surface area contributed by atoms with Gasteiger partial charge in [0.05, 0.1) is 10.8 Å². The highest BCUT2D eigenvalue weighted by Crippen LogP contribution is 2.40. The van der Waals surface area contributed by atoms with Gasteiger partial charge in [0, 0.05) is 43.5 Å². The summed E-state index contributed by atoms with van der Waals surface area (Å²) in [6, 6.07) is 10.5. The molecule has 2 aromatic heterocycles. The summed E-state index contributed by atoms with van der Waals surface area (Å²) < 4.78 is 20.4. The van der Waals surface area contributed by atoms with Gasteiger partial charge in [0.25, 0.3) is 0 Å². The number of carbonyl (C=O) groups is 1. The number of hydrogen-bond acceptors (Lipinski definition) is 6. The molecule has 4 heterocycles. The zero-order valence-electron chi connectivity index (χ0n) is 18.8. The van der Waals surface area contributed by atoms with E-state index in [1.165, 1.54) is 6.07 Å². The Balaban J connectivity index is 1.45. The van der Waals surface area contributed by atoms with E-state index >= 15 is 0 Å². The van der Waals surface area contributed by atoms with E-state index in [0.717, 1.165) is 23.9 Å². The number of anilines is 1. The first kappa shape index (κ1) is 21.7. The number of hydrogen-bond donors (Lipinski definition) is 1. The minimum absolute atomic E-state index is 0.0104. The lowest BCUT2D eigenvalue weighted by Gasteiger charge is -2.42. The van der Waals surface area contributed by atoms with E-state index in [0.29, 0.717) is 62.0 Å². The van der Waals surface area contributed by atoms with Gasteiger partial charge in [0.15, 0.2) is 5.65 Å². The second-order valence-electron chi connectivity index (χ2n) is 9.03. The third-order valence-corrected chi connectivity index (χ3v) is 6.99. The summed E-state index contributed by atoms with van der Waals surface area (Å²) in [5, 5.41) is 0.730. The number of halogens is 1. The summed E-state index contributed by atoms with van der Waals surface area (Å²) in [7, 11) is 0. The molecule has 1 atom stereocenters. The van der Waals surface area contributed by atoms with Gasteiger partial charge in [-0.1, -0.05) is 18.2 Å². The van der Waals surface area contributed by atoms with Gasteiger partial charge >= 0.3 is 0 Å². The van der Waals surface area contributed by atoms with E-state index in [1.54, 1.807) is 25.1 Å². The van der Waals surface area contributed by atoms with Gasteiger partial charge in [0.2, 0.25) is 5.91 Å². The number of nitrogens with two attached hydrogens (primary N) is 1. The summed E-state index contributed by atoms with van der Waals surface area (Å²) in [6.45, 7) is 3.90. The van der Waals surface area contributed by atoms with E-state index in [2.05, 4.69) is 9.97 Å². The van der Waals surface area contributed by atoms with Crippen LogP contribution in [-0.2, 0) is 14.9 Å². The lowest BCUT2D eigenvalue weighted by Crippen LogP contribution is -2.52. The fraction of sp³-hybridized carbons (Fsp3) is 0.440. The summed E-state index contributed by atoms with van der Waals surface area (Å²) in [4.78, 5) is 29.3. The molecule has 5 rings (SSSR count). The Bertz CT molecular complexity index is 1190. The van der Waals surface area contributed by atoms with Crippen molar-refractivity contribution in [3.05, 3.63) is 59.3 Å². The number of aryl methyl sites for hydroxylation is 1. The van der Waals surface area contributed by atoms with E-state index < -0.39 is 5.41 Å². The average Bonchev–Trinajstić information content (AvgIpc) is 2.84. The van der Waals surface area contributed by atoms with Gasteiger partial charge < -0.3 is 15.4 Å². The number of amides is 1. The van der Waals surface area contributed by atoms with Crippen LogP contribution >= 0.6 is 0 Å². The topological polar surface area (TPSA) is 94.2 Å². The number of ether oxygens (including phenoxy) is 1. The van der Waals surface area contributed by atoms with Crippen LogP contribution in [0.2, 0.25) is 0 Å². The van der Waals surface area contributed by atoms with Gasteiger partial charge in [-0.2, -0.15) is 0 Å². The zero-order valence-corrected chi connectivity index (χ0v) is 18.8. The highest BCUT2D eigenvalue weighted by atomic mass is 19.1. The largest absolute Gasteiger partial charge is 0.383 e. The lowest BCUT2D eigenvalue weighted by molar-refractivity contribution is -0.142. The molecule has 0 radical (unpaired) electrons. The number of benzene rings is 1. The molecule has 0 bridgehead atoms. The maximum absolute atomic E-state index is 14.9. The first-order valence-corrected chi connectivity index (χ1v) is 11.5. The number of carbonyl (C=O) groups excluding carboxylic acids is 1. The van der Waals surface area contributed by atoms with E-state index in [9.17, 15) is 9.18 Å². The smallest absolute Gasteiger partial charge is 0.233 e. The van der Waals surface area contributed by atoms with Crippen LogP contribution in [0.3, 0.4) is 0 Å². The molecular formula is C25H28FN5O2. The molecule has 0 spiro atoms. The van der Waals surface area contributed by atoms with Crippen molar-refractivity contribution in [3.63, 3.8) is 0 Å². The third-order valence-electron chi connectivity index (χ3n) is 6.99. The number of rotatable bonds is 3. The Labute approximate surface area is 192 Å². The van der Waals surface area contributed by atoms with E-state index in [1.807, 2.05) is 17.0 Å². The fourth-order valence-electron chi connectivity index (χ4n) is 5.26. The number of likely N-dealkylation sites (tertiary alicyclic amines) is 1. The maximum Gasteiger partial charge on any atom is 0.233 e. The molecule has 8 heteroatoms. The summed E-state index contributed by atoms with van der Waals surface area (Å²) >= 11 is 0. The Kier molecular flexibility index (Phi) is 5.70. The number of nitrogen functional groups attached to an aromatic ring is 1. The van der Waals surface area contributed by atoms with Crippen LogP contribution in [0.15, 0.2) is 36.4 Å². The Hall–Kier alpha value is -3.13. The molecular weight excluding hydrogens is 421 g/mol. The Morgan fingerprint density at radius 1 is 1.15 bits per heavy atom. The summed E-state index contributed by atoms with van der Waals surface area (Å²) in [5.74, 6) is 0.745. The van der Waals surface area contributed by atoms with Crippen LogP contribution in [-0.4, -0.2) is 52.1 Å². The average molecular weight is 450 g/mol. The van der Waals surface area contributed by atoms with Crippen LogP contribution in [0.1, 0.15) is 48.7 Å². The van der Waals surface area contributed by atoms with Gasteiger partial charge in [-0.15, -0.1) is 0 Å². The molecule has 2 fully saturated rings. The molecule has 7 nitrogen and oxygen atoms in total. The van der Waals surface area contributed by atoms with E-state index in [4.69, 9.17) is 15.5 Å². The van der Waals surface area contributed by atoms with Gasteiger partial charge in [-0.3, -0.25) is 4.79 Å². The minimum Gasteiger partial charge on any atom is -0.383 e. The number of fused-ring (bicyclic) bond motifs is 1. The zero-order chi connectivity index (χ0) is 23.0. The highest BCUT2D eigenvalue weighted by molar-refractivity contribution is 5.89. The molecule has 0 aliphatic carbocycles. The third kappa shape index (κ3) is 3.93. The van der Waals surface area contributed by atoms with Crippen molar-refractivity contribution in [1.29, 1.82) is 0 Å². The number of pyridine rings is 1. The van der Waals surface area contributed by atoms with Gasteiger partial charge in [-0.05, 0) is 50.8 Å². The van der Waals surface area contributed by atoms with Gasteiger partial charge in [-0.25, -0.2) is 19.3 Å². The van der Waals surface area contributed by atoms with Crippen LogP contribution < -0.4 is 5.73 Å². The Morgan fingerprint density at radius 2 is 1.94 bits per heavy atom. The second kappa shape index (κ2) is 8.67. The molecule has 1 unspecified atom stereocenters. The SMILES string of the molecule is Cc1nc(N)c2ccc(C3CCCN(C(=O)C4(c5ccccc5F)CCOCC4)C3)nc2n1. The molecule has 2 aliphatic heterocycles. The lowest BCUT2D eigenvalue weighted by atomic mass is 9.72.